The number of hydrogen-bond donors (Lipinski definition) is 2. The fourth-order valence-electron chi connectivity index (χ4n) is 2.91. The Morgan fingerprint density at radius 1 is 1.28 bits per heavy atom. The molecular formula is C19H20FN3O2. The first-order valence-electron chi connectivity index (χ1n) is 8.23. The molecule has 1 aliphatic heterocycles. The van der Waals surface area contributed by atoms with Crippen molar-refractivity contribution in [3.05, 3.63) is 58.9 Å². The first-order valence-corrected chi connectivity index (χ1v) is 8.23. The van der Waals surface area contributed by atoms with Crippen LogP contribution in [0.4, 0.5) is 10.1 Å². The van der Waals surface area contributed by atoms with Gasteiger partial charge in [-0.05, 0) is 49.6 Å². The summed E-state index contributed by atoms with van der Waals surface area (Å²) in [6.07, 6.45) is 3.57. The number of phenolic OH excluding ortho intramolecular Hbond substituents is 1. The molecule has 25 heavy (non-hydrogen) atoms. The van der Waals surface area contributed by atoms with Crippen LogP contribution in [0.2, 0.25) is 0 Å². The smallest absolute Gasteiger partial charge is 0.275 e. The largest absolute Gasteiger partial charge is 0.507 e. The number of halogens is 1. The van der Waals surface area contributed by atoms with E-state index in [1.54, 1.807) is 12.1 Å². The Kier molecular flexibility index (Phi) is 4.97. The van der Waals surface area contributed by atoms with Crippen molar-refractivity contribution in [2.24, 2.45) is 5.10 Å². The molecule has 0 radical (unpaired) electrons. The maximum absolute atomic E-state index is 14.4. The van der Waals surface area contributed by atoms with Gasteiger partial charge in [0.1, 0.15) is 11.6 Å². The molecule has 1 fully saturated rings. The van der Waals surface area contributed by atoms with Gasteiger partial charge in [-0.3, -0.25) is 4.79 Å². The van der Waals surface area contributed by atoms with Gasteiger partial charge in [-0.1, -0.05) is 12.1 Å². The molecule has 2 N–H and O–H groups in total. The van der Waals surface area contributed by atoms with Crippen molar-refractivity contribution >= 4 is 17.8 Å². The van der Waals surface area contributed by atoms with Crippen molar-refractivity contribution in [2.45, 2.75) is 19.8 Å². The fraction of sp³-hybridized carbons (Fsp3) is 0.263. The van der Waals surface area contributed by atoms with E-state index in [1.807, 2.05) is 17.9 Å². The summed E-state index contributed by atoms with van der Waals surface area (Å²) in [4.78, 5) is 14.0. The second-order valence-corrected chi connectivity index (χ2v) is 6.07. The number of nitrogens with zero attached hydrogens (tertiary/aromatic N) is 2. The summed E-state index contributed by atoms with van der Waals surface area (Å²) < 4.78 is 14.4. The Bertz CT molecular complexity index is 814. The second-order valence-electron chi connectivity index (χ2n) is 6.07. The van der Waals surface area contributed by atoms with E-state index in [0.29, 0.717) is 11.3 Å². The molecule has 2 aromatic rings. The highest BCUT2D eigenvalue weighted by atomic mass is 19.1. The number of nitrogens with one attached hydrogen (secondary N) is 1. The summed E-state index contributed by atoms with van der Waals surface area (Å²) in [5.74, 6) is -0.936. The Labute approximate surface area is 145 Å². The zero-order chi connectivity index (χ0) is 17.8. The SMILES string of the molecule is Cc1cc(N2CCCC2)c(F)cc1C=NNC(=O)c1ccccc1O. The number of amides is 1. The molecule has 1 heterocycles. The Hall–Kier alpha value is -2.89. The summed E-state index contributed by atoms with van der Waals surface area (Å²) in [6.45, 7) is 3.63. The minimum atomic E-state index is -0.527. The van der Waals surface area contributed by atoms with Gasteiger partial charge in [0.15, 0.2) is 0 Å². The van der Waals surface area contributed by atoms with Crippen molar-refractivity contribution < 1.29 is 14.3 Å². The summed E-state index contributed by atoms with van der Waals surface area (Å²) in [7, 11) is 0. The van der Waals surface area contributed by atoms with E-state index in [1.165, 1.54) is 24.4 Å². The van der Waals surface area contributed by atoms with Crippen LogP contribution in [0.15, 0.2) is 41.5 Å². The van der Waals surface area contributed by atoms with Gasteiger partial charge in [0.2, 0.25) is 0 Å². The van der Waals surface area contributed by atoms with Crippen LogP contribution >= 0.6 is 0 Å². The van der Waals surface area contributed by atoms with Gasteiger partial charge in [-0.15, -0.1) is 0 Å². The van der Waals surface area contributed by atoms with Crippen LogP contribution < -0.4 is 10.3 Å². The van der Waals surface area contributed by atoms with Crippen LogP contribution in [0.1, 0.15) is 34.3 Å². The van der Waals surface area contributed by atoms with Crippen molar-refractivity contribution in [1.82, 2.24) is 5.43 Å². The third-order valence-electron chi connectivity index (χ3n) is 4.30. The highest BCUT2D eigenvalue weighted by molar-refractivity contribution is 5.97. The quantitative estimate of drug-likeness (QED) is 0.663. The highest BCUT2D eigenvalue weighted by Crippen LogP contribution is 2.26. The van der Waals surface area contributed by atoms with E-state index >= 15 is 0 Å². The number of benzene rings is 2. The Morgan fingerprint density at radius 3 is 2.72 bits per heavy atom. The van der Waals surface area contributed by atoms with E-state index in [2.05, 4.69) is 10.5 Å². The molecule has 3 rings (SSSR count). The lowest BCUT2D eigenvalue weighted by Crippen LogP contribution is -2.19. The van der Waals surface area contributed by atoms with Gasteiger partial charge in [0.05, 0.1) is 17.5 Å². The van der Waals surface area contributed by atoms with E-state index < -0.39 is 5.91 Å². The molecular weight excluding hydrogens is 321 g/mol. The second kappa shape index (κ2) is 7.34. The molecule has 0 bridgehead atoms. The van der Waals surface area contributed by atoms with Crippen molar-refractivity contribution in [3.63, 3.8) is 0 Å². The fourth-order valence-corrected chi connectivity index (χ4v) is 2.91. The minimum Gasteiger partial charge on any atom is -0.507 e. The number of rotatable bonds is 4. The number of anilines is 1. The van der Waals surface area contributed by atoms with Crippen molar-refractivity contribution in [1.29, 1.82) is 0 Å². The maximum atomic E-state index is 14.4. The van der Waals surface area contributed by atoms with Crippen molar-refractivity contribution in [3.8, 4) is 5.75 Å². The molecule has 1 aliphatic rings. The molecule has 1 amide bonds. The molecule has 0 aromatic heterocycles. The first-order chi connectivity index (χ1) is 12.1. The molecule has 5 nitrogen and oxygen atoms in total. The number of carbonyl (C=O) groups is 1. The van der Waals surface area contributed by atoms with Gasteiger partial charge in [-0.2, -0.15) is 5.10 Å². The summed E-state index contributed by atoms with van der Waals surface area (Å²) >= 11 is 0. The number of carbonyl (C=O) groups excluding carboxylic acids is 1. The van der Waals surface area contributed by atoms with Gasteiger partial charge < -0.3 is 10.0 Å². The summed E-state index contributed by atoms with van der Waals surface area (Å²) in [5, 5.41) is 13.5. The predicted octanol–water partition coefficient (Wildman–Crippen LogP) is 3.20. The van der Waals surface area contributed by atoms with Crippen LogP contribution in [0.25, 0.3) is 0 Å². The van der Waals surface area contributed by atoms with Crippen LogP contribution in [0, 0.1) is 12.7 Å². The number of hydrazone groups is 1. The average molecular weight is 341 g/mol. The monoisotopic (exact) mass is 341 g/mol. The molecule has 0 unspecified atom stereocenters. The van der Waals surface area contributed by atoms with E-state index in [9.17, 15) is 14.3 Å². The molecule has 0 saturated carbocycles. The van der Waals surface area contributed by atoms with E-state index in [4.69, 9.17) is 0 Å². The number of aryl methyl sites for hydroxylation is 1. The molecule has 1 saturated heterocycles. The number of aromatic hydroxyl groups is 1. The lowest BCUT2D eigenvalue weighted by atomic mass is 10.1. The number of phenols is 1. The Morgan fingerprint density at radius 2 is 2.00 bits per heavy atom. The lowest BCUT2D eigenvalue weighted by Gasteiger charge is -2.19. The molecule has 0 spiro atoms. The van der Waals surface area contributed by atoms with Crippen molar-refractivity contribution in [2.75, 3.05) is 18.0 Å². The van der Waals surface area contributed by atoms with Gasteiger partial charge in [-0.25, -0.2) is 9.82 Å². The first kappa shape index (κ1) is 17.0. The normalized spacial score (nSPS) is 14.2. The molecule has 0 atom stereocenters. The molecule has 2 aromatic carbocycles. The number of para-hydroxylation sites is 1. The van der Waals surface area contributed by atoms with Crippen LogP contribution in [-0.4, -0.2) is 30.3 Å². The highest BCUT2D eigenvalue weighted by Gasteiger charge is 2.17. The van der Waals surface area contributed by atoms with E-state index in [0.717, 1.165) is 31.5 Å². The Balaban J connectivity index is 1.72. The maximum Gasteiger partial charge on any atom is 0.275 e. The van der Waals surface area contributed by atoms with Gasteiger partial charge in [0.25, 0.3) is 5.91 Å². The lowest BCUT2D eigenvalue weighted by molar-refractivity contribution is 0.0952. The van der Waals surface area contributed by atoms with Crippen LogP contribution in [0.5, 0.6) is 5.75 Å². The molecule has 130 valence electrons. The average Bonchev–Trinajstić information content (AvgIpc) is 3.12. The third kappa shape index (κ3) is 3.79. The zero-order valence-electron chi connectivity index (χ0n) is 14.0. The van der Waals surface area contributed by atoms with Crippen LogP contribution in [-0.2, 0) is 0 Å². The third-order valence-corrected chi connectivity index (χ3v) is 4.30. The standard InChI is InChI=1S/C19H20FN3O2/c1-13-10-17(23-8-4-5-9-23)16(20)11-14(13)12-21-22-19(25)15-6-2-3-7-18(15)24/h2-3,6-7,10-12,24H,4-5,8-9H2,1H3,(H,22,25). The number of hydrogen-bond acceptors (Lipinski definition) is 4. The summed E-state index contributed by atoms with van der Waals surface area (Å²) in [6, 6.07) is 9.44. The van der Waals surface area contributed by atoms with Crippen LogP contribution in [0.3, 0.4) is 0 Å². The van der Waals surface area contributed by atoms with Gasteiger partial charge >= 0.3 is 0 Å². The molecule has 6 heteroatoms. The predicted molar refractivity (Wildman–Crippen MR) is 95.8 cm³/mol. The summed E-state index contributed by atoms with van der Waals surface area (Å²) in [5.41, 5.74) is 4.56. The van der Waals surface area contributed by atoms with Gasteiger partial charge in [0, 0.05) is 18.7 Å². The topological polar surface area (TPSA) is 64.9 Å². The molecule has 0 aliphatic carbocycles. The van der Waals surface area contributed by atoms with E-state index in [-0.39, 0.29) is 17.1 Å². The minimum absolute atomic E-state index is 0.118. The zero-order valence-corrected chi connectivity index (χ0v) is 14.0.